The van der Waals surface area contributed by atoms with Crippen LogP contribution in [-0.2, 0) is 13.6 Å². The molecule has 5 heteroatoms. The van der Waals surface area contributed by atoms with E-state index >= 15 is 0 Å². The van der Waals surface area contributed by atoms with Crippen molar-refractivity contribution in [3.05, 3.63) is 36.2 Å². The lowest BCUT2D eigenvalue weighted by molar-refractivity contribution is 0.361. The molecule has 0 aromatic carbocycles. The molecule has 0 bridgehead atoms. The minimum atomic E-state index is 0.318. The van der Waals surface area contributed by atoms with E-state index in [1.54, 1.807) is 0 Å². The van der Waals surface area contributed by atoms with Gasteiger partial charge >= 0.3 is 0 Å². The van der Waals surface area contributed by atoms with Gasteiger partial charge in [-0.2, -0.15) is 5.10 Å². The van der Waals surface area contributed by atoms with Crippen molar-refractivity contribution in [3.8, 4) is 0 Å². The standard InChI is InChI=1S/C13H21N5/c1-10-7-16-18(9-10)12(3)11(2)15-8-13-14-5-6-17(13)4/h5-7,9,11-12,15H,8H2,1-4H3. The predicted octanol–water partition coefficient (Wildman–Crippen LogP) is 1.66. The van der Waals surface area contributed by atoms with Gasteiger partial charge in [0.15, 0.2) is 0 Å². The number of hydrogen-bond donors (Lipinski definition) is 1. The summed E-state index contributed by atoms with van der Waals surface area (Å²) in [6, 6.07) is 0.653. The number of imidazole rings is 1. The molecular weight excluding hydrogens is 226 g/mol. The minimum absolute atomic E-state index is 0.318. The third-order valence-electron chi connectivity index (χ3n) is 3.37. The summed E-state index contributed by atoms with van der Waals surface area (Å²) < 4.78 is 4.04. The molecule has 2 unspecified atom stereocenters. The quantitative estimate of drug-likeness (QED) is 0.874. The molecular formula is C13H21N5. The molecule has 0 spiro atoms. The van der Waals surface area contributed by atoms with Crippen LogP contribution in [0.3, 0.4) is 0 Å². The largest absolute Gasteiger partial charge is 0.337 e. The van der Waals surface area contributed by atoms with Crippen molar-refractivity contribution in [1.82, 2.24) is 24.6 Å². The van der Waals surface area contributed by atoms with Crippen LogP contribution in [0.2, 0.25) is 0 Å². The lowest BCUT2D eigenvalue weighted by Crippen LogP contribution is -2.34. The number of nitrogens with zero attached hydrogens (tertiary/aromatic N) is 4. The monoisotopic (exact) mass is 247 g/mol. The molecule has 0 saturated carbocycles. The van der Waals surface area contributed by atoms with Gasteiger partial charge in [-0.15, -0.1) is 0 Å². The molecule has 2 atom stereocenters. The summed E-state index contributed by atoms with van der Waals surface area (Å²) in [5.41, 5.74) is 1.19. The fourth-order valence-electron chi connectivity index (χ4n) is 1.87. The maximum Gasteiger partial charge on any atom is 0.122 e. The van der Waals surface area contributed by atoms with Crippen LogP contribution in [0.1, 0.15) is 31.3 Å². The molecule has 98 valence electrons. The maximum atomic E-state index is 4.36. The molecule has 5 nitrogen and oxygen atoms in total. The van der Waals surface area contributed by atoms with Crippen LogP contribution in [-0.4, -0.2) is 25.4 Å². The molecule has 0 aliphatic heterocycles. The van der Waals surface area contributed by atoms with E-state index in [-0.39, 0.29) is 0 Å². The maximum absolute atomic E-state index is 4.36. The second kappa shape index (κ2) is 5.35. The summed E-state index contributed by atoms with van der Waals surface area (Å²) in [7, 11) is 2.01. The molecule has 2 aromatic heterocycles. The van der Waals surface area contributed by atoms with E-state index in [0.29, 0.717) is 12.1 Å². The molecule has 0 radical (unpaired) electrons. The fraction of sp³-hybridized carbons (Fsp3) is 0.538. The molecule has 1 N–H and O–H groups in total. The van der Waals surface area contributed by atoms with Gasteiger partial charge in [-0.05, 0) is 26.3 Å². The SMILES string of the molecule is Cc1cnn(C(C)C(C)NCc2nccn2C)c1. The van der Waals surface area contributed by atoms with Crippen LogP contribution in [0.25, 0.3) is 0 Å². The summed E-state index contributed by atoms with van der Waals surface area (Å²) in [6.07, 6.45) is 7.75. The van der Waals surface area contributed by atoms with Gasteiger partial charge < -0.3 is 9.88 Å². The van der Waals surface area contributed by atoms with E-state index in [2.05, 4.69) is 42.4 Å². The summed E-state index contributed by atoms with van der Waals surface area (Å²) in [6.45, 7) is 7.17. The topological polar surface area (TPSA) is 47.7 Å². The summed E-state index contributed by atoms with van der Waals surface area (Å²) in [5.74, 6) is 1.05. The Labute approximate surface area is 108 Å². The Morgan fingerprint density at radius 1 is 1.39 bits per heavy atom. The zero-order chi connectivity index (χ0) is 13.1. The minimum Gasteiger partial charge on any atom is -0.337 e. The Morgan fingerprint density at radius 2 is 2.17 bits per heavy atom. The summed E-state index contributed by atoms with van der Waals surface area (Å²) in [4.78, 5) is 4.30. The molecule has 0 fully saturated rings. The average molecular weight is 247 g/mol. The van der Waals surface area contributed by atoms with Crippen molar-refractivity contribution >= 4 is 0 Å². The second-order valence-electron chi connectivity index (χ2n) is 4.86. The third-order valence-corrected chi connectivity index (χ3v) is 3.37. The zero-order valence-corrected chi connectivity index (χ0v) is 11.5. The number of rotatable bonds is 5. The molecule has 0 saturated heterocycles. The number of aromatic nitrogens is 4. The van der Waals surface area contributed by atoms with Crippen LogP contribution in [0, 0.1) is 6.92 Å². The second-order valence-corrected chi connectivity index (χ2v) is 4.86. The van der Waals surface area contributed by atoms with E-state index in [1.165, 1.54) is 5.56 Å². The molecule has 0 aliphatic carbocycles. The van der Waals surface area contributed by atoms with Crippen molar-refractivity contribution in [2.45, 2.75) is 39.4 Å². The van der Waals surface area contributed by atoms with Crippen LogP contribution in [0.15, 0.2) is 24.8 Å². The van der Waals surface area contributed by atoms with Crippen LogP contribution in [0.5, 0.6) is 0 Å². The first-order valence-corrected chi connectivity index (χ1v) is 6.28. The predicted molar refractivity (Wildman–Crippen MR) is 71.2 cm³/mol. The first kappa shape index (κ1) is 12.8. The van der Waals surface area contributed by atoms with Crippen molar-refractivity contribution in [2.75, 3.05) is 0 Å². The zero-order valence-electron chi connectivity index (χ0n) is 11.5. The van der Waals surface area contributed by atoms with E-state index in [9.17, 15) is 0 Å². The lowest BCUT2D eigenvalue weighted by Gasteiger charge is -2.21. The van der Waals surface area contributed by atoms with Gasteiger partial charge in [0.2, 0.25) is 0 Å². The Hall–Kier alpha value is -1.62. The van der Waals surface area contributed by atoms with Crippen molar-refractivity contribution < 1.29 is 0 Å². The van der Waals surface area contributed by atoms with E-state index in [1.807, 2.05) is 34.9 Å². The Kier molecular flexibility index (Phi) is 3.81. The molecule has 18 heavy (non-hydrogen) atoms. The van der Waals surface area contributed by atoms with Gasteiger partial charge in [0.05, 0.1) is 18.8 Å². The van der Waals surface area contributed by atoms with E-state index in [0.717, 1.165) is 12.4 Å². The van der Waals surface area contributed by atoms with E-state index in [4.69, 9.17) is 0 Å². The number of hydrogen-bond acceptors (Lipinski definition) is 3. The van der Waals surface area contributed by atoms with Gasteiger partial charge in [-0.25, -0.2) is 4.98 Å². The highest BCUT2D eigenvalue weighted by molar-refractivity contribution is 5.01. The lowest BCUT2D eigenvalue weighted by atomic mass is 10.2. The molecule has 2 heterocycles. The third kappa shape index (κ3) is 2.79. The van der Waals surface area contributed by atoms with Crippen LogP contribution >= 0.6 is 0 Å². The van der Waals surface area contributed by atoms with Crippen LogP contribution < -0.4 is 5.32 Å². The van der Waals surface area contributed by atoms with Crippen molar-refractivity contribution in [2.24, 2.45) is 7.05 Å². The first-order valence-electron chi connectivity index (χ1n) is 6.28. The van der Waals surface area contributed by atoms with Gasteiger partial charge in [-0.1, -0.05) is 0 Å². The van der Waals surface area contributed by atoms with Gasteiger partial charge in [0, 0.05) is 31.7 Å². The van der Waals surface area contributed by atoms with Gasteiger partial charge in [0.1, 0.15) is 5.82 Å². The highest BCUT2D eigenvalue weighted by Crippen LogP contribution is 2.11. The van der Waals surface area contributed by atoms with Crippen molar-refractivity contribution in [1.29, 1.82) is 0 Å². The van der Waals surface area contributed by atoms with Crippen molar-refractivity contribution in [3.63, 3.8) is 0 Å². The van der Waals surface area contributed by atoms with Gasteiger partial charge in [-0.3, -0.25) is 4.68 Å². The fourth-order valence-corrected chi connectivity index (χ4v) is 1.87. The summed E-state index contributed by atoms with van der Waals surface area (Å²) >= 11 is 0. The van der Waals surface area contributed by atoms with Crippen LogP contribution in [0.4, 0.5) is 0 Å². The number of nitrogens with one attached hydrogen (secondary N) is 1. The average Bonchev–Trinajstić information content (AvgIpc) is 2.94. The first-order chi connectivity index (χ1) is 8.58. The smallest absolute Gasteiger partial charge is 0.122 e. The number of aryl methyl sites for hydroxylation is 2. The Morgan fingerprint density at radius 3 is 2.72 bits per heavy atom. The Bertz CT molecular complexity index is 499. The molecule has 2 rings (SSSR count). The Balaban J connectivity index is 1.92. The summed E-state index contributed by atoms with van der Waals surface area (Å²) in [5, 5.41) is 7.84. The molecule has 0 aliphatic rings. The van der Waals surface area contributed by atoms with E-state index < -0.39 is 0 Å². The molecule has 0 amide bonds. The highest BCUT2D eigenvalue weighted by Gasteiger charge is 2.14. The highest BCUT2D eigenvalue weighted by atomic mass is 15.3. The molecule has 2 aromatic rings. The normalized spacial score (nSPS) is 14.7. The van der Waals surface area contributed by atoms with Gasteiger partial charge in [0.25, 0.3) is 0 Å².